The standard InChI is InChI=1S/C11H11BrO3/c12-8-3-2-7(6-9(8)13)11(10(14)15)4-1-5-11/h2-3,6,13H,1,4-5H2,(H,14,15). The summed E-state index contributed by atoms with van der Waals surface area (Å²) in [5.74, 6) is -0.699. The number of phenols is 1. The zero-order chi connectivity index (χ0) is 11.1. The molecule has 1 fully saturated rings. The highest BCUT2D eigenvalue weighted by molar-refractivity contribution is 9.10. The fraction of sp³-hybridized carbons (Fsp3) is 0.364. The average molecular weight is 271 g/mol. The predicted octanol–water partition coefficient (Wildman–Crippen LogP) is 2.66. The molecule has 1 aliphatic rings. The van der Waals surface area contributed by atoms with Crippen LogP contribution in [0.5, 0.6) is 5.75 Å². The zero-order valence-corrected chi connectivity index (χ0v) is 9.62. The number of hydrogen-bond donors (Lipinski definition) is 2. The number of aromatic hydroxyl groups is 1. The molecular weight excluding hydrogens is 260 g/mol. The Hall–Kier alpha value is -1.03. The molecule has 15 heavy (non-hydrogen) atoms. The Balaban J connectivity index is 2.44. The van der Waals surface area contributed by atoms with Crippen molar-refractivity contribution in [2.45, 2.75) is 24.7 Å². The molecule has 1 aliphatic carbocycles. The van der Waals surface area contributed by atoms with Crippen molar-refractivity contribution in [2.24, 2.45) is 0 Å². The molecule has 0 saturated heterocycles. The molecule has 0 amide bonds. The molecule has 0 atom stereocenters. The second-order valence-electron chi connectivity index (χ2n) is 3.91. The largest absolute Gasteiger partial charge is 0.507 e. The van der Waals surface area contributed by atoms with Crippen LogP contribution in [0.1, 0.15) is 24.8 Å². The first-order chi connectivity index (χ1) is 7.06. The van der Waals surface area contributed by atoms with Crippen LogP contribution < -0.4 is 0 Å². The Bertz CT molecular complexity index is 410. The van der Waals surface area contributed by atoms with Crippen molar-refractivity contribution in [3.63, 3.8) is 0 Å². The summed E-state index contributed by atoms with van der Waals surface area (Å²) in [7, 11) is 0. The van der Waals surface area contributed by atoms with E-state index in [2.05, 4.69) is 15.9 Å². The highest BCUT2D eigenvalue weighted by Gasteiger charge is 2.46. The molecule has 80 valence electrons. The third-order valence-electron chi connectivity index (χ3n) is 3.12. The van der Waals surface area contributed by atoms with Crippen molar-refractivity contribution < 1.29 is 15.0 Å². The molecular formula is C11H11BrO3. The Labute approximate surface area is 95.9 Å². The van der Waals surface area contributed by atoms with Gasteiger partial charge >= 0.3 is 5.97 Å². The maximum Gasteiger partial charge on any atom is 0.314 e. The lowest BCUT2D eigenvalue weighted by Crippen LogP contribution is -2.42. The molecule has 0 unspecified atom stereocenters. The van der Waals surface area contributed by atoms with Gasteiger partial charge in [-0.3, -0.25) is 4.79 Å². The molecule has 1 saturated carbocycles. The van der Waals surface area contributed by atoms with Crippen LogP contribution >= 0.6 is 15.9 Å². The summed E-state index contributed by atoms with van der Waals surface area (Å²) in [6.45, 7) is 0. The van der Waals surface area contributed by atoms with Crippen molar-refractivity contribution in [1.29, 1.82) is 0 Å². The summed E-state index contributed by atoms with van der Waals surface area (Å²) in [4.78, 5) is 11.2. The van der Waals surface area contributed by atoms with Crippen molar-refractivity contribution in [3.8, 4) is 5.75 Å². The van der Waals surface area contributed by atoms with Crippen LogP contribution in [0.4, 0.5) is 0 Å². The second kappa shape index (κ2) is 3.52. The predicted molar refractivity (Wildman–Crippen MR) is 59.0 cm³/mol. The lowest BCUT2D eigenvalue weighted by molar-refractivity contribution is -0.147. The van der Waals surface area contributed by atoms with E-state index in [0.717, 1.165) is 6.42 Å². The molecule has 2 rings (SSSR count). The monoisotopic (exact) mass is 270 g/mol. The number of aliphatic carboxylic acids is 1. The van der Waals surface area contributed by atoms with E-state index in [1.165, 1.54) is 6.07 Å². The average Bonchev–Trinajstić information content (AvgIpc) is 2.08. The maximum absolute atomic E-state index is 11.2. The van der Waals surface area contributed by atoms with Gasteiger partial charge in [0.1, 0.15) is 5.75 Å². The Kier molecular flexibility index (Phi) is 2.46. The van der Waals surface area contributed by atoms with Crippen LogP contribution in [0.2, 0.25) is 0 Å². The summed E-state index contributed by atoms with van der Waals surface area (Å²) in [5, 5.41) is 18.7. The molecule has 2 N–H and O–H groups in total. The van der Waals surface area contributed by atoms with Gasteiger partial charge in [-0.05, 0) is 46.5 Å². The SMILES string of the molecule is O=C(O)C1(c2ccc(Br)c(O)c2)CCC1. The third-order valence-corrected chi connectivity index (χ3v) is 3.79. The normalized spacial score (nSPS) is 18.2. The van der Waals surface area contributed by atoms with Gasteiger partial charge in [0.2, 0.25) is 0 Å². The van der Waals surface area contributed by atoms with Crippen molar-refractivity contribution in [3.05, 3.63) is 28.2 Å². The first kappa shape index (κ1) is 10.5. The summed E-state index contributed by atoms with van der Waals surface area (Å²) in [6, 6.07) is 4.99. The third kappa shape index (κ3) is 1.53. The van der Waals surface area contributed by atoms with Crippen LogP contribution in [-0.2, 0) is 10.2 Å². The number of carboxylic acid groups (broad SMARTS) is 1. The van der Waals surface area contributed by atoms with Gasteiger partial charge < -0.3 is 10.2 Å². The van der Waals surface area contributed by atoms with Gasteiger partial charge in [-0.15, -0.1) is 0 Å². The Morgan fingerprint density at radius 1 is 1.40 bits per heavy atom. The van der Waals surface area contributed by atoms with Gasteiger partial charge in [0.25, 0.3) is 0 Å². The molecule has 0 aliphatic heterocycles. The molecule has 3 nitrogen and oxygen atoms in total. The summed E-state index contributed by atoms with van der Waals surface area (Å²) in [5.41, 5.74) is -0.0694. The van der Waals surface area contributed by atoms with E-state index >= 15 is 0 Å². The molecule has 1 aromatic carbocycles. The minimum atomic E-state index is -0.796. The molecule has 0 bridgehead atoms. The lowest BCUT2D eigenvalue weighted by Gasteiger charge is -2.38. The second-order valence-corrected chi connectivity index (χ2v) is 4.76. The van der Waals surface area contributed by atoms with Gasteiger partial charge in [-0.1, -0.05) is 12.5 Å². The highest BCUT2D eigenvalue weighted by atomic mass is 79.9. The highest BCUT2D eigenvalue weighted by Crippen LogP contribution is 2.45. The number of rotatable bonds is 2. The van der Waals surface area contributed by atoms with Crippen LogP contribution in [0.15, 0.2) is 22.7 Å². The quantitative estimate of drug-likeness (QED) is 0.869. The topological polar surface area (TPSA) is 57.5 Å². The van der Waals surface area contributed by atoms with E-state index in [1.807, 2.05) is 0 Å². The van der Waals surface area contributed by atoms with E-state index in [1.54, 1.807) is 12.1 Å². The number of carboxylic acids is 1. The summed E-state index contributed by atoms with van der Waals surface area (Å²) < 4.78 is 0.589. The fourth-order valence-electron chi connectivity index (χ4n) is 1.97. The first-order valence-electron chi connectivity index (χ1n) is 4.79. The summed E-state index contributed by atoms with van der Waals surface area (Å²) in [6.07, 6.45) is 2.25. The van der Waals surface area contributed by atoms with Crippen LogP contribution in [0.3, 0.4) is 0 Å². The fourth-order valence-corrected chi connectivity index (χ4v) is 2.21. The number of carbonyl (C=O) groups is 1. The number of benzene rings is 1. The Morgan fingerprint density at radius 2 is 2.07 bits per heavy atom. The Morgan fingerprint density at radius 3 is 2.47 bits per heavy atom. The van der Waals surface area contributed by atoms with Crippen LogP contribution in [-0.4, -0.2) is 16.2 Å². The first-order valence-corrected chi connectivity index (χ1v) is 5.58. The number of phenolic OH excluding ortho intramolecular Hbond substituents is 1. The molecule has 0 heterocycles. The molecule has 4 heteroatoms. The molecule has 1 aromatic rings. The molecule has 0 radical (unpaired) electrons. The van der Waals surface area contributed by atoms with E-state index in [-0.39, 0.29) is 5.75 Å². The van der Waals surface area contributed by atoms with Gasteiger partial charge in [0.05, 0.1) is 9.89 Å². The van der Waals surface area contributed by atoms with Gasteiger partial charge in [-0.25, -0.2) is 0 Å². The number of hydrogen-bond acceptors (Lipinski definition) is 2. The van der Waals surface area contributed by atoms with Gasteiger partial charge in [-0.2, -0.15) is 0 Å². The smallest absolute Gasteiger partial charge is 0.314 e. The van der Waals surface area contributed by atoms with Crippen molar-refractivity contribution in [1.82, 2.24) is 0 Å². The lowest BCUT2D eigenvalue weighted by atomic mass is 9.64. The van der Waals surface area contributed by atoms with Crippen LogP contribution in [0.25, 0.3) is 0 Å². The van der Waals surface area contributed by atoms with Crippen molar-refractivity contribution >= 4 is 21.9 Å². The van der Waals surface area contributed by atoms with E-state index < -0.39 is 11.4 Å². The minimum absolute atomic E-state index is 0.0972. The zero-order valence-electron chi connectivity index (χ0n) is 8.03. The van der Waals surface area contributed by atoms with Gasteiger partial charge in [0.15, 0.2) is 0 Å². The van der Waals surface area contributed by atoms with Crippen LogP contribution in [0, 0.1) is 0 Å². The van der Waals surface area contributed by atoms with E-state index in [9.17, 15) is 15.0 Å². The molecule has 0 aromatic heterocycles. The van der Waals surface area contributed by atoms with E-state index in [4.69, 9.17) is 0 Å². The molecule has 0 spiro atoms. The summed E-state index contributed by atoms with van der Waals surface area (Å²) >= 11 is 3.18. The number of halogens is 1. The van der Waals surface area contributed by atoms with E-state index in [0.29, 0.717) is 22.9 Å². The van der Waals surface area contributed by atoms with Crippen molar-refractivity contribution in [2.75, 3.05) is 0 Å². The minimum Gasteiger partial charge on any atom is -0.507 e. The maximum atomic E-state index is 11.2. The van der Waals surface area contributed by atoms with Gasteiger partial charge in [0, 0.05) is 0 Å².